The first-order chi connectivity index (χ1) is 7.43. The summed E-state index contributed by atoms with van der Waals surface area (Å²) < 4.78 is 0. The minimum absolute atomic E-state index is 0.177. The Kier molecular flexibility index (Phi) is 2.41. The summed E-state index contributed by atoms with van der Waals surface area (Å²) in [5.74, 6) is 0.177. The summed E-state index contributed by atoms with van der Waals surface area (Å²) in [6, 6.07) is 5.85. The molecule has 86 valence electrons. The van der Waals surface area contributed by atoms with Crippen molar-refractivity contribution in [2.45, 2.75) is 25.7 Å². The van der Waals surface area contributed by atoms with Crippen molar-refractivity contribution in [3.05, 3.63) is 29.3 Å². The molecule has 1 heterocycles. The maximum atomic E-state index is 12.2. The van der Waals surface area contributed by atoms with Gasteiger partial charge in [-0.1, -0.05) is 6.07 Å². The summed E-state index contributed by atoms with van der Waals surface area (Å²) in [6.45, 7) is 4.72. The second-order valence-electron chi connectivity index (χ2n) is 5.02. The lowest BCUT2D eigenvalue weighted by Gasteiger charge is -2.27. The Morgan fingerprint density at radius 1 is 1.38 bits per heavy atom. The Balaban J connectivity index is 2.58. The first-order valence-electron chi connectivity index (χ1n) is 5.57. The van der Waals surface area contributed by atoms with Crippen LogP contribution in [0.1, 0.15) is 25.0 Å². The fraction of sp³-hybridized carbons (Fsp3) is 0.462. The summed E-state index contributed by atoms with van der Waals surface area (Å²) in [5, 5.41) is 0. The van der Waals surface area contributed by atoms with E-state index in [0.717, 1.165) is 24.2 Å². The van der Waals surface area contributed by atoms with Crippen LogP contribution in [0.25, 0.3) is 0 Å². The number of carbonyl (C=O) groups excluding carboxylic acids is 1. The van der Waals surface area contributed by atoms with Crippen molar-refractivity contribution < 1.29 is 4.79 Å². The highest BCUT2D eigenvalue weighted by Crippen LogP contribution is 2.32. The largest absolute Gasteiger partial charge is 0.399 e. The SMILES string of the molecule is CN1CCc2cc(N)ccc2C(C)(C)C1=O. The van der Waals surface area contributed by atoms with Crippen molar-refractivity contribution in [3.8, 4) is 0 Å². The van der Waals surface area contributed by atoms with Gasteiger partial charge in [-0.3, -0.25) is 4.79 Å². The minimum atomic E-state index is -0.450. The van der Waals surface area contributed by atoms with E-state index in [1.165, 1.54) is 5.56 Å². The number of nitrogens with two attached hydrogens (primary N) is 1. The van der Waals surface area contributed by atoms with Crippen LogP contribution < -0.4 is 5.73 Å². The highest BCUT2D eigenvalue weighted by molar-refractivity contribution is 5.88. The van der Waals surface area contributed by atoms with Gasteiger partial charge in [-0.05, 0) is 43.5 Å². The lowest BCUT2D eigenvalue weighted by Crippen LogP contribution is -2.40. The summed E-state index contributed by atoms with van der Waals surface area (Å²) in [6.07, 6.45) is 0.881. The number of hydrogen-bond donors (Lipinski definition) is 1. The van der Waals surface area contributed by atoms with E-state index in [1.807, 2.05) is 39.1 Å². The quantitative estimate of drug-likeness (QED) is 0.672. The lowest BCUT2D eigenvalue weighted by atomic mass is 9.81. The summed E-state index contributed by atoms with van der Waals surface area (Å²) in [7, 11) is 1.86. The van der Waals surface area contributed by atoms with Crippen molar-refractivity contribution in [3.63, 3.8) is 0 Å². The topological polar surface area (TPSA) is 46.3 Å². The maximum absolute atomic E-state index is 12.2. The van der Waals surface area contributed by atoms with Crippen molar-refractivity contribution in [1.29, 1.82) is 0 Å². The molecule has 1 amide bonds. The minimum Gasteiger partial charge on any atom is -0.399 e. The van der Waals surface area contributed by atoms with Crippen molar-refractivity contribution in [1.82, 2.24) is 4.90 Å². The third-order valence-corrected chi connectivity index (χ3v) is 3.40. The zero-order valence-electron chi connectivity index (χ0n) is 10.1. The number of anilines is 1. The molecule has 1 aliphatic rings. The molecule has 0 aromatic heterocycles. The second-order valence-corrected chi connectivity index (χ2v) is 5.02. The van der Waals surface area contributed by atoms with E-state index in [4.69, 9.17) is 5.73 Å². The number of nitrogens with zero attached hydrogens (tertiary/aromatic N) is 1. The van der Waals surface area contributed by atoms with Gasteiger partial charge in [0.25, 0.3) is 0 Å². The molecule has 3 heteroatoms. The number of hydrogen-bond acceptors (Lipinski definition) is 2. The van der Waals surface area contributed by atoms with E-state index in [-0.39, 0.29) is 5.91 Å². The number of rotatable bonds is 0. The van der Waals surface area contributed by atoms with Crippen LogP contribution in [0.2, 0.25) is 0 Å². The van der Waals surface area contributed by atoms with Gasteiger partial charge in [-0.15, -0.1) is 0 Å². The predicted octanol–water partition coefficient (Wildman–Crippen LogP) is 1.56. The number of benzene rings is 1. The van der Waals surface area contributed by atoms with E-state index in [1.54, 1.807) is 4.90 Å². The Bertz CT molecular complexity index is 438. The smallest absolute Gasteiger partial charge is 0.232 e. The number of nitrogen functional groups attached to an aromatic ring is 1. The highest BCUT2D eigenvalue weighted by Gasteiger charge is 2.36. The first-order valence-corrected chi connectivity index (χ1v) is 5.57. The van der Waals surface area contributed by atoms with Gasteiger partial charge in [0.1, 0.15) is 0 Å². The zero-order valence-corrected chi connectivity index (χ0v) is 10.1. The number of likely N-dealkylation sites (N-methyl/N-ethyl adjacent to an activating group) is 1. The third kappa shape index (κ3) is 1.56. The molecule has 2 N–H and O–H groups in total. The molecule has 1 aromatic rings. The van der Waals surface area contributed by atoms with Gasteiger partial charge >= 0.3 is 0 Å². The van der Waals surface area contributed by atoms with Crippen LogP contribution in [0.4, 0.5) is 5.69 Å². The van der Waals surface area contributed by atoms with Crippen molar-refractivity contribution in [2.75, 3.05) is 19.3 Å². The molecule has 16 heavy (non-hydrogen) atoms. The second kappa shape index (κ2) is 3.51. The highest BCUT2D eigenvalue weighted by atomic mass is 16.2. The fourth-order valence-electron chi connectivity index (χ4n) is 2.41. The molecule has 3 nitrogen and oxygen atoms in total. The van der Waals surface area contributed by atoms with Crippen LogP contribution in [-0.4, -0.2) is 24.4 Å². The molecule has 2 rings (SSSR count). The van der Waals surface area contributed by atoms with Gasteiger partial charge in [0.05, 0.1) is 5.41 Å². The summed E-state index contributed by atoms with van der Waals surface area (Å²) in [5.41, 5.74) is 8.42. The normalized spacial score (nSPS) is 19.2. The predicted molar refractivity (Wildman–Crippen MR) is 65.2 cm³/mol. The molecule has 0 fully saturated rings. The molecule has 0 atom stereocenters. The van der Waals surface area contributed by atoms with Gasteiger partial charge in [-0.2, -0.15) is 0 Å². The van der Waals surface area contributed by atoms with E-state index in [2.05, 4.69) is 0 Å². The van der Waals surface area contributed by atoms with Crippen LogP contribution in [0, 0.1) is 0 Å². The Labute approximate surface area is 96.2 Å². The van der Waals surface area contributed by atoms with E-state index < -0.39 is 5.41 Å². The van der Waals surface area contributed by atoms with Crippen molar-refractivity contribution in [2.24, 2.45) is 0 Å². The lowest BCUT2D eigenvalue weighted by molar-refractivity contribution is -0.134. The molecule has 0 bridgehead atoms. The first kappa shape index (κ1) is 11.0. The average molecular weight is 218 g/mol. The standard InChI is InChI=1S/C13H18N2O/c1-13(2)11-5-4-10(14)8-9(11)6-7-15(3)12(13)16/h4-5,8H,6-7,14H2,1-3H3. The van der Waals surface area contributed by atoms with Gasteiger partial charge in [0, 0.05) is 19.3 Å². The van der Waals surface area contributed by atoms with Gasteiger partial charge in [-0.25, -0.2) is 0 Å². The Morgan fingerprint density at radius 2 is 2.06 bits per heavy atom. The molecule has 0 saturated carbocycles. The van der Waals surface area contributed by atoms with Crippen molar-refractivity contribution >= 4 is 11.6 Å². The summed E-state index contributed by atoms with van der Waals surface area (Å²) in [4.78, 5) is 14.0. The third-order valence-electron chi connectivity index (χ3n) is 3.40. The molecule has 1 aromatic carbocycles. The molecule has 1 aliphatic heterocycles. The molecule has 0 saturated heterocycles. The van der Waals surface area contributed by atoms with E-state index in [0.29, 0.717) is 0 Å². The average Bonchev–Trinajstić information content (AvgIpc) is 2.30. The van der Waals surface area contributed by atoms with Gasteiger partial charge < -0.3 is 10.6 Å². The number of amides is 1. The van der Waals surface area contributed by atoms with E-state index >= 15 is 0 Å². The number of carbonyl (C=O) groups is 1. The molecule has 0 aliphatic carbocycles. The van der Waals surface area contributed by atoms with Gasteiger partial charge in [0.15, 0.2) is 0 Å². The molecule has 0 radical (unpaired) electrons. The van der Waals surface area contributed by atoms with Gasteiger partial charge in [0.2, 0.25) is 5.91 Å². The molecule has 0 spiro atoms. The Morgan fingerprint density at radius 3 is 2.75 bits per heavy atom. The maximum Gasteiger partial charge on any atom is 0.232 e. The Hall–Kier alpha value is -1.51. The molecular formula is C13H18N2O. The molecular weight excluding hydrogens is 200 g/mol. The fourth-order valence-corrected chi connectivity index (χ4v) is 2.41. The monoisotopic (exact) mass is 218 g/mol. The zero-order chi connectivity index (χ0) is 11.9. The van der Waals surface area contributed by atoms with Crippen LogP contribution in [0.3, 0.4) is 0 Å². The van der Waals surface area contributed by atoms with Crippen LogP contribution in [0.5, 0.6) is 0 Å². The van der Waals surface area contributed by atoms with Crippen LogP contribution in [-0.2, 0) is 16.6 Å². The van der Waals surface area contributed by atoms with Crippen LogP contribution >= 0.6 is 0 Å². The summed E-state index contributed by atoms with van der Waals surface area (Å²) >= 11 is 0. The molecule has 0 unspecified atom stereocenters. The van der Waals surface area contributed by atoms with E-state index in [9.17, 15) is 4.79 Å². The van der Waals surface area contributed by atoms with Crippen LogP contribution in [0.15, 0.2) is 18.2 Å². The number of fused-ring (bicyclic) bond motifs is 1.